The lowest BCUT2D eigenvalue weighted by Crippen LogP contribution is -1.93. The fourth-order valence-electron chi connectivity index (χ4n) is 8.82. The molecule has 0 unspecified atom stereocenters. The SMILES string of the molecule is c1ccc(-c2ccc(-c3c4ccccc4c(-c4ccc(-c5nc6c7ccccc7c7ccccc7c6c6ccccc56)cc4)c4ccccc34)cc2)cc1. The van der Waals surface area contributed by atoms with E-state index >= 15 is 0 Å². The molecule has 0 amide bonds. The van der Waals surface area contributed by atoms with Gasteiger partial charge in [0.05, 0.1) is 11.2 Å². The van der Waals surface area contributed by atoms with Crippen molar-refractivity contribution in [1.29, 1.82) is 0 Å². The van der Waals surface area contributed by atoms with E-state index in [9.17, 15) is 0 Å². The highest BCUT2D eigenvalue weighted by atomic mass is 14.7. The van der Waals surface area contributed by atoms with Crippen LogP contribution in [-0.2, 0) is 0 Å². The normalized spacial score (nSPS) is 11.7. The van der Waals surface area contributed by atoms with Gasteiger partial charge in [0.2, 0.25) is 0 Å². The van der Waals surface area contributed by atoms with Crippen molar-refractivity contribution in [2.24, 2.45) is 0 Å². The van der Waals surface area contributed by atoms with Crippen LogP contribution in [0.4, 0.5) is 0 Å². The summed E-state index contributed by atoms with van der Waals surface area (Å²) in [6, 6.07) is 72.7. The standard InChI is InChI=1S/C53H33N/c1-2-14-34(15-3-1)35-26-28-36(29-27-35)49-42-19-7-9-21-44(42)50(45-22-10-8-20-43(45)49)37-30-32-38(33-31-37)52-48-25-13-11-23-46(48)51-41-18-6-4-16-39(41)40-17-5-12-24-47(40)53(51)54-52/h1-33H. The van der Waals surface area contributed by atoms with E-state index in [0.29, 0.717) is 0 Å². The largest absolute Gasteiger partial charge is 0.246 e. The minimum atomic E-state index is 1.01. The minimum Gasteiger partial charge on any atom is -0.246 e. The monoisotopic (exact) mass is 683 g/mol. The van der Waals surface area contributed by atoms with E-state index in [1.54, 1.807) is 0 Å². The molecule has 0 bridgehead atoms. The molecule has 1 heteroatoms. The molecular formula is C53H33N. The number of rotatable bonds is 4. The molecule has 0 saturated heterocycles. The van der Waals surface area contributed by atoms with Gasteiger partial charge < -0.3 is 0 Å². The molecule has 0 fully saturated rings. The molecule has 0 radical (unpaired) electrons. The van der Waals surface area contributed by atoms with Crippen LogP contribution in [0.25, 0.3) is 109 Å². The maximum atomic E-state index is 5.52. The zero-order valence-electron chi connectivity index (χ0n) is 29.5. The van der Waals surface area contributed by atoms with Crippen LogP contribution in [0, 0.1) is 0 Å². The quantitative estimate of drug-likeness (QED) is 0.133. The molecule has 0 atom stereocenters. The molecule has 0 aliphatic carbocycles. The Hall–Kier alpha value is -7.09. The summed E-state index contributed by atoms with van der Waals surface area (Å²) in [4.78, 5) is 5.52. The van der Waals surface area contributed by atoms with Gasteiger partial charge in [-0.25, -0.2) is 4.98 Å². The Balaban J connectivity index is 1.10. The van der Waals surface area contributed by atoms with Crippen molar-refractivity contribution in [2.75, 3.05) is 0 Å². The lowest BCUT2D eigenvalue weighted by molar-refractivity contribution is 1.44. The minimum absolute atomic E-state index is 1.01. The number of hydrogen-bond acceptors (Lipinski definition) is 1. The van der Waals surface area contributed by atoms with E-state index < -0.39 is 0 Å². The van der Waals surface area contributed by atoms with Gasteiger partial charge in [-0.1, -0.05) is 200 Å². The third-order valence-electron chi connectivity index (χ3n) is 11.2. The van der Waals surface area contributed by atoms with Gasteiger partial charge in [0, 0.05) is 21.7 Å². The highest BCUT2D eigenvalue weighted by Crippen LogP contribution is 2.45. The second-order valence-electron chi connectivity index (χ2n) is 14.2. The van der Waals surface area contributed by atoms with Crippen LogP contribution in [-0.4, -0.2) is 4.98 Å². The molecule has 0 aliphatic rings. The van der Waals surface area contributed by atoms with Gasteiger partial charge in [-0.05, 0) is 76.5 Å². The Kier molecular flexibility index (Phi) is 6.93. The zero-order valence-corrected chi connectivity index (χ0v) is 29.5. The zero-order chi connectivity index (χ0) is 35.6. The predicted molar refractivity (Wildman–Crippen MR) is 231 cm³/mol. The first kappa shape index (κ1) is 30.5. The molecule has 1 nitrogen and oxygen atoms in total. The number of benzene rings is 10. The molecule has 54 heavy (non-hydrogen) atoms. The lowest BCUT2D eigenvalue weighted by Gasteiger charge is -2.18. The van der Waals surface area contributed by atoms with Gasteiger partial charge in [-0.3, -0.25) is 0 Å². The molecular weight excluding hydrogens is 651 g/mol. The van der Waals surface area contributed by atoms with Gasteiger partial charge in [0.15, 0.2) is 0 Å². The molecule has 10 aromatic carbocycles. The molecule has 0 saturated carbocycles. The summed E-state index contributed by atoms with van der Waals surface area (Å²) in [5.74, 6) is 0. The lowest BCUT2D eigenvalue weighted by atomic mass is 9.85. The molecule has 11 aromatic rings. The third-order valence-corrected chi connectivity index (χ3v) is 11.2. The summed E-state index contributed by atoms with van der Waals surface area (Å²) in [5.41, 5.74) is 10.6. The first-order valence-corrected chi connectivity index (χ1v) is 18.6. The first-order valence-electron chi connectivity index (χ1n) is 18.6. The average molecular weight is 684 g/mol. The van der Waals surface area contributed by atoms with Crippen molar-refractivity contribution >= 4 is 64.8 Å². The molecule has 0 aliphatic heterocycles. The van der Waals surface area contributed by atoms with Crippen LogP contribution in [0.15, 0.2) is 200 Å². The number of hydrogen-bond donors (Lipinski definition) is 0. The number of nitrogens with zero attached hydrogens (tertiary/aromatic N) is 1. The van der Waals surface area contributed by atoms with Gasteiger partial charge in [-0.2, -0.15) is 0 Å². The second kappa shape index (κ2) is 12.3. The van der Waals surface area contributed by atoms with Crippen molar-refractivity contribution < 1.29 is 0 Å². The van der Waals surface area contributed by atoms with Gasteiger partial charge in [0.25, 0.3) is 0 Å². The van der Waals surface area contributed by atoms with Crippen molar-refractivity contribution in [1.82, 2.24) is 4.98 Å². The second-order valence-corrected chi connectivity index (χ2v) is 14.2. The number of fused-ring (bicyclic) bond motifs is 10. The van der Waals surface area contributed by atoms with Crippen LogP contribution < -0.4 is 0 Å². The van der Waals surface area contributed by atoms with E-state index in [1.165, 1.54) is 87.2 Å². The molecule has 0 spiro atoms. The Morgan fingerprint density at radius 1 is 0.222 bits per heavy atom. The molecule has 0 N–H and O–H groups in total. The molecule has 1 aromatic heterocycles. The maximum absolute atomic E-state index is 5.52. The Morgan fingerprint density at radius 3 is 1.07 bits per heavy atom. The smallest absolute Gasteiger partial charge is 0.0800 e. The Bertz CT molecular complexity index is 3170. The van der Waals surface area contributed by atoms with Crippen LogP contribution >= 0.6 is 0 Å². The summed E-state index contributed by atoms with van der Waals surface area (Å²) in [6.45, 7) is 0. The van der Waals surface area contributed by atoms with Gasteiger partial charge >= 0.3 is 0 Å². The van der Waals surface area contributed by atoms with Crippen molar-refractivity contribution in [2.45, 2.75) is 0 Å². The van der Waals surface area contributed by atoms with Gasteiger partial charge in [0.1, 0.15) is 0 Å². The van der Waals surface area contributed by atoms with Crippen molar-refractivity contribution in [3.05, 3.63) is 200 Å². The number of aromatic nitrogens is 1. The van der Waals surface area contributed by atoms with E-state index in [2.05, 4.69) is 200 Å². The van der Waals surface area contributed by atoms with Crippen LogP contribution in [0.5, 0.6) is 0 Å². The fraction of sp³-hybridized carbons (Fsp3) is 0. The summed E-state index contributed by atoms with van der Waals surface area (Å²) in [6.07, 6.45) is 0. The number of pyridine rings is 1. The Labute approximate surface area is 313 Å². The third kappa shape index (κ3) is 4.69. The van der Waals surface area contributed by atoms with E-state index in [0.717, 1.165) is 22.2 Å². The summed E-state index contributed by atoms with van der Waals surface area (Å²) >= 11 is 0. The van der Waals surface area contributed by atoms with Crippen LogP contribution in [0.3, 0.4) is 0 Å². The molecule has 250 valence electrons. The van der Waals surface area contributed by atoms with E-state index in [-0.39, 0.29) is 0 Å². The van der Waals surface area contributed by atoms with Crippen molar-refractivity contribution in [3.63, 3.8) is 0 Å². The summed E-state index contributed by atoms with van der Waals surface area (Å²) in [7, 11) is 0. The highest BCUT2D eigenvalue weighted by Gasteiger charge is 2.19. The van der Waals surface area contributed by atoms with Gasteiger partial charge in [-0.15, -0.1) is 0 Å². The van der Waals surface area contributed by atoms with Crippen LogP contribution in [0.2, 0.25) is 0 Å². The van der Waals surface area contributed by atoms with Crippen molar-refractivity contribution in [3.8, 4) is 44.6 Å². The summed E-state index contributed by atoms with van der Waals surface area (Å²) in [5, 5.41) is 13.5. The van der Waals surface area contributed by atoms with E-state index in [4.69, 9.17) is 4.98 Å². The maximum Gasteiger partial charge on any atom is 0.0800 e. The molecule has 1 heterocycles. The molecule has 11 rings (SSSR count). The fourth-order valence-corrected chi connectivity index (χ4v) is 8.82. The average Bonchev–Trinajstić information content (AvgIpc) is 3.25. The van der Waals surface area contributed by atoms with E-state index in [1.807, 2.05) is 0 Å². The Morgan fingerprint density at radius 2 is 0.556 bits per heavy atom. The first-order chi connectivity index (χ1) is 26.8. The topological polar surface area (TPSA) is 12.9 Å². The highest BCUT2D eigenvalue weighted by molar-refractivity contribution is 6.31. The predicted octanol–water partition coefficient (Wildman–Crippen LogP) is 14.7. The van der Waals surface area contributed by atoms with Crippen LogP contribution in [0.1, 0.15) is 0 Å². The summed E-state index contributed by atoms with van der Waals surface area (Å²) < 4.78 is 0.